The average molecular weight is 221 g/mol. The standard InChI is InChI=1S/C9H19NO3S/c1-9(2)7(8(11)3-5-10)4-6-14(9,12)13/h7-8,11H,3-6,10H2,1-2H3. The molecule has 84 valence electrons. The Morgan fingerprint density at radius 2 is 2.14 bits per heavy atom. The van der Waals surface area contributed by atoms with Crippen LogP contribution in [0.2, 0.25) is 0 Å². The van der Waals surface area contributed by atoms with Gasteiger partial charge in [-0.2, -0.15) is 0 Å². The summed E-state index contributed by atoms with van der Waals surface area (Å²) in [4.78, 5) is 0. The Balaban J connectivity index is 2.85. The lowest BCUT2D eigenvalue weighted by molar-refractivity contribution is 0.0868. The minimum absolute atomic E-state index is 0.170. The molecule has 0 radical (unpaired) electrons. The molecule has 0 aromatic rings. The minimum Gasteiger partial charge on any atom is -0.393 e. The number of rotatable bonds is 3. The van der Waals surface area contributed by atoms with E-state index in [1.54, 1.807) is 13.8 Å². The number of hydrogen-bond acceptors (Lipinski definition) is 4. The molecule has 0 bridgehead atoms. The first-order valence-corrected chi connectivity index (χ1v) is 6.58. The molecule has 14 heavy (non-hydrogen) atoms. The van der Waals surface area contributed by atoms with E-state index in [4.69, 9.17) is 5.73 Å². The molecule has 1 heterocycles. The SMILES string of the molecule is CC1(C)C(C(O)CCN)CCS1(=O)=O. The van der Waals surface area contributed by atoms with Crippen molar-refractivity contribution in [2.75, 3.05) is 12.3 Å². The van der Waals surface area contributed by atoms with Crippen molar-refractivity contribution >= 4 is 9.84 Å². The van der Waals surface area contributed by atoms with Crippen molar-refractivity contribution in [3.8, 4) is 0 Å². The Hall–Kier alpha value is -0.130. The van der Waals surface area contributed by atoms with E-state index in [-0.39, 0.29) is 11.7 Å². The van der Waals surface area contributed by atoms with Crippen LogP contribution in [0, 0.1) is 5.92 Å². The second-order valence-electron chi connectivity index (χ2n) is 4.46. The fourth-order valence-electron chi connectivity index (χ4n) is 2.15. The maximum atomic E-state index is 11.7. The van der Waals surface area contributed by atoms with E-state index in [2.05, 4.69) is 0 Å². The number of aliphatic hydroxyl groups excluding tert-OH is 1. The molecule has 1 saturated heterocycles. The summed E-state index contributed by atoms with van der Waals surface area (Å²) in [6.45, 7) is 3.78. The maximum absolute atomic E-state index is 11.7. The van der Waals surface area contributed by atoms with Crippen molar-refractivity contribution in [1.29, 1.82) is 0 Å². The first kappa shape index (κ1) is 11.9. The van der Waals surface area contributed by atoms with Gasteiger partial charge in [0.1, 0.15) is 0 Å². The van der Waals surface area contributed by atoms with Crippen LogP contribution in [0.3, 0.4) is 0 Å². The molecule has 2 unspecified atom stereocenters. The summed E-state index contributed by atoms with van der Waals surface area (Å²) < 4.78 is 22.5. The van der Waals surface area contributed by atoms with Crippen LogP contribution in [0.4, 0.5) is 0 Å². The minimum atomic E-state index is -3.04. The Bertz CT molecular complexity index is 297. The summed E-state index contributed by atoms with van der Waals surface area (Å²) >= 11 is 0. The van der Waals surface area contributed by atoms with Gasteiger partial charge in [0, 0.05) is 5.92 Å². The van der Waals surface area contributed by atoms with E-state index >= 15 is 0 Å². The van der Waals surface area contributed by atoms with Gasteiger partial charge in [-0.3, -0.25) is 0 Å². The largest absolute Gasteiger partial charge is 0.393 e. The molecule has 0 aliphatic carbocycles. The summed E-state index contributed by atoms with van der Waals surface area (Å²) in [6, 6.07) is 0. The molecule has 0 spiro atoms. The van der Waals surface area contributed by atoms with Crippen LogP contribution < -0.4 is 5.73 Å². The molecule has 4 nitrogen and oxygen atoms in total. The van der Waals surface area contributed by atoms with Gasteiger partial charge in [0.25, 0.3) is 0 Å². The van der Waals surface area contributed by atoms with Gasteiger partial charge in [-0.1, -0.05) is 0 Å². The van der Waals surface area contributed by atoms with Crippen LogP contribution >= 0.6 is 0 Å². The highest BCUT2D eigenvalue weighted by molar-refractivity contribution is 7.93. The highest BCUT2D eigenvalue weighted by atomic mass is 32.2. The van der Waals surface area contributed by atoms with Gasteiger partial charge in [-0.15, -0.1) is 0 Å². The van der Waals surface area contributed by atoms with Gasteiger partial charge in [0.2, 0.25) is 0 Å². The van der Waals surface area contributed by atoms with Crippen molar-refractivity contribution < 1.29 is 13.5 Å². The smallest absolute Gasteiger partial charge is 0.155 e. The van der Waals surface area contributed by atoms with Crippen LogP contribution in [-0.4, -0.2) is 36.7 Å². The topological polar surface area (TPSA) is 80.4 Å². The van der Waals surface area contributed by atoms with E-state index in [0.29, 0.717) is 19.4 Å². The van der Waals surface area contributed by atoms with Crippen LogP contribution in [0.25, 0.3) is 0 Å². The van der Waals surface area contributed by atoms with Gasteiger partial charge in [0.05, 0.1) is 16.6 Å². The molecule has 0 aromatic carbocycles. The Morgan fingerprint density at radius 3 is 2.50 bits per heavy atom. The summed E-state index contributed by atoms with van der Waals surface area (Å²) in [5.74, 6) is 0.0165. The van der Waals surface area contributed by atoms with Gasteiger partial charge in [-0.25, -0.2) is 8.42 Å². The summed E-state index contributed by atoms with van der Waals surface area (Å²) in [5.41, 5.74) is 5.34. The molecule has 1 aliphatic rings. The van der Waals surface area contributed by atoms with Crippen molar-refractivity contribution in [3.63, 3.8) is 0 Å². The van der Waals surface area contributed by atoms with Crippen LogP contribution in [-0.2, 0) is 9.84 Å². The normalized spacial score (nSPS) is 31.6. The molecule has 5 heteroatoms. The predicted octanol–water partition coefficient (Wildman–Crippen LogP) is -0.0906. The monoisotopic (exact) mass is 221 g/mol. The summed E-state index contributed by atoms with van der Waals surface area (Å²) in [5, 5.41) is 9.77. The first-order valence-electron chi connectivity index (χ1n) is 4.93. The molecular weight excluding hydrogens is 202 g/mol. The molecule has 3 N–H and O–H groups in total. The molecular formula is C9H19NO3S. The average Bonchev–Trinajstić information content (AvgIpc) is 2.23. The predicted molar refractivity (Wildman–Crippen MR) is 55.7 cm³/mol. The van der Waals surface area contributed by atoms with E-state index in [9.17, 15) is 13.5 Å². The third kappa shape index (κ3) is 1.81. The van der Waals surface area contributed by atoms with Gasteiger partial charge < -0.3 is 10.8 Å². The third-order valence-corrected chi connectivity index (χ3v) is 6.00. The molecule has 2 atom stereocenters. The molecule has 1 rings (SSSR count). The van der Waals surface area contributed by atoms with Gasteiger partial charge in [-0.05, 0) is 33.2 Å². The van der Waals surface area contributed by atoms with Gasteiger partial charge in [0.15, 0.2) is 9.84 Å². The Morgan fingerprint density at radius 1 is 1.57 bits per heavy atom. The third-order valence-electron chi connectivity index (χ3n) is 3.32. The van der Waals surface area contributed by atoms with E-state index in [1.807, 2.05) is 0 Å². The quantitative estimate of drug-likeness (QED) is 0.698. The lowest BCUT2D eigenvalue weighted by Crippen LogP contribution is -2.40. The molecule has 0 saturated carbocycles. The summed E-state index contributed by atoms with van der Waals surface area (Å²) in [6.07, 6.45) is 0.437. The fourth-order valence-corrected chi connectivity index (χ4v) is 3.98. The van der Waals surface area contributed by atoms with Crippen molar-refractivity contribution in [3.05, 3.63) is 0 Å². The zero-order chi connectivity index (χ0) is 11.0. The van der Waals surface area contributed by atoms with E-state index < -0.39 is 20.7 Å². The lowest BCUT2D eigenvalue weighted by atomic mass is 9.86. The molecule has 1 aliphatic heterocycles. The summed E-state index contributed by atoms with van der Waals surface area (Å²) in [7, 11) is -3.04. The molecule has 1 fully saturated rings. The van der Waals surface area contributed by atoms with Gasteiger partial charge >= 0.3 is 0 Å². The van der Waals surface area contributed by atoms with Crippen LogP contribution in [0.5, 0.6) is 0 Å². The number of aliphatic hydroxyl groups is 1. The van der Waals surface area contributed by atoms with E-state index in [1.165, 1.54) is 0 Å². The Kier molecular flexibility index (Phi) is 3.23. The fraction of sp³-hybridized carbons (Fsp3) is 1.00. The zero-order valence-corrected chi connectivity index (χ0v) is 9.55. The second kappa shape index (κ2) is 3.79. The van der Waals surface area contributed by atoms with Crippen molar-refractivity contribution in [1.82, 2.24) is 0 Å². The lowest BCUT2D eigenvalue weighted by Gasteiger charge is -2.29. The number of nitrogens with two attached hydrogens (primary N) is 1. The van der Waals surface area contributed by atoms with Crippen LogP contribution in [0.1, 0.15) is 26.7 Å². The second-order valence-corrected chi connectivity index (χ2v) is 7.15. The highest BCUT2D eigenvalue weighted by Crippen LogP contribution is 2.39. The maximum Gasteiger partial charge on any atom is 0.155 e. The van der Waals surface area contributed by atoms with Crippen molar-refractivity contribution in [2.24, 2.45) is 11.7 Å². The zero-order valence-electron chi connectivity index (χ0n) is 8.73. The van der Waals surface area contributed by atoms with Crippen LogP contribution in [0.15, 0.2) is 0 Å². The molecule has 0 aromatic heterocycles. The Labute approximate surface area is 85.4 Å². The van der Waals surface area contributed by atoms with E-state index in [0.717, 1.165) is 0 Å². The molecule has 0 amide bonds. The number of hydrogen-bond donors (Lipinski definition) is 2. The number of sulfone groups is 1. The highest BCUT2D eigenvalue weighted by Gasteiger charge is 2.49. The first-order chi connectivity index (χ1) is 6.33. The van der Waals surface area contributed by atoms with Crippen molar-refractivity contribution in [2.45, 2.75) is 37.5 Å².